The first-order valence-electron chi connectivity index (χ1n) is 14.2. The van der Waals surface area contributed by atoms with Crippen LogP contribution in [-0.4, -0.2) is 102 Å². The van der Waals surface area contributed by atoms with Crippen molar-refractivity contribution in [3.05, 3.63) is 53.6 Å². The van der Waals surface area contributed by atoms with Gasteiger partial charge in [0.05, 0.1) is 23.4 Å². The monoisotopic (exact) mass is 608 g/mol. The molecule has 0 saturated heterocycles. The van der Waals surface area contributed by atoms with E-state index in [4.69, 9.17) is 5.11 Å². The zero-order chi connectivity index (χ0) is 31.4. The molecule has 12 heteroatoms. The summed E-state index contributed by atoms with van der Waals surface area (Å²) in [6, 6.07) is 11.6. The van der Waals surface area contributed by atoms with Gasteiger partial charge in [0.25, 0.3) is 5.91 Å². The number of hydrogen-bond donors (Lipinski definition) is 7. The van der Waals surface area contributed by atoms with Gasteiger partial charge >= 0.3 is 0 Å². The van der Waals surface area contributed by atoms with Crippen LogP contribution in [0.25, 0.3) is 0 Å². The van der Waals surface area contributed by atoms with Crippen LogP contribution in [0.1, 0.15) is 56.6 Å². The van der Waals surface area contributed by atoms with E-state index in [1.807, 2.05) is 32.8 Å². The van der Waals surface area contributed by atoms with E-state index in [0.717, 1.165) is 18.5 Å². The first-order chi connectivity index (χ1) is 19.7. The minimum absolute atomic E-state index is 0.147. The van der Waals surface area contributed by atoms with Crippen LogP contribution in [0.15, 0.2) is 47.4 Å². The highest BCUT2D eigenvalue weighted by atomic mass is 32.2. The van der Waals surface area contributed by atoms with E-state index in [2.05, 4.69) is 5.32 Å². The number of rotatable bonds is 12. The third kappa shape index (κ3) is 6.96. The molecule has 1 aliphatic heterocycles. The fraction of sp³-hybridized carbons (Fsp3) is 0.567. The van der Waals surface area contributed by atoms with E-state index in [0.29, 0.717) is 24.0 Å². The van der Waals surface area contributed by atoms with E-state index in [-0.39, 0.29) is 16.3 Å². The van der Waals surface area contributed by atoms with Gasteiger partial charge < -0.3 is 40.9 Å². The number of aliphatic hydroxyl groups is 6. The van der Waals surface area contributed by atoms with Crippen LogP contribution in [0.3, 0.4) is 0 Å². The Morgan fingerprint density at radius 1 is 1.07 bits per heavy atom. The number of amides is 1. The topological polar surface area (TPSA) is 188 Å². The third-order valence-electron chi connectivity index (χ3n) is 8.37. The van der Waals surface area contributed by atoms with Crippen LogP contribution in [0.5, 0.6) is 0 Å². The second kappa shape index (κ2) is 13.8. The van der Waals surface area contributed by atoms with Crippen molar-refractivity contribution < 1.29 is 43.9 Å². The first kappa shape index (κ1) is 33.9. The fourth-order valence-electron chi connectivity index (χ4n) is 5.71. The average molecular weight is 609 g/mol. The molecule has 1 heterocycles. The molecule has 1 amide bonds. The molecule has 7 atom stereocenters. The summed E-state index contributed by atoms with van der Waals surface area (Å²) in [5.41, 5.74) is 1.00. The van der Waals surface area contributed by atoms with Crippen LogP contribution in [0, 0.1) is 5.41 Å². The summed E-state index contributed by atoms with van der Waals surface area (Å²) < 4.78 is 27.6. The summed E-state index contributed by atoms with van der Waals surface area (Å²) in [7, 11) is -0.112. The van der Waals surface area contributed by atoms with Crippen molar-refractivity contribution in [3.63, 3.8) is 0 Å². The van der Waals surface area contributed by atoms with Crippen molar-refractivity contribution in [2.45, 2.75) is 80.9 Å². The number of nitrogens with zero attached hydrogens (tertiary/aromatic N) is 1. The van der Waals surface area contributed by atoms with Crippen molar-refractivity contribution in [2.75, 3.05) is 36.7 Å². The summed E-state index contributed by atoms with van der Waals surface area (Å²) >= 11 is 0. The predicted molar refractivity (Wildman–Crippen MR) is 159 cm³/mol. The largest absolute Gasteiger partial charge is 0.394 e. The second-order valence-corrected chi connectivity index (χ2v) is 13.4. The predicted octanol–water partition coefficient (Wildman–Crippen LogP) is 0.994. The summed E-state index contributed by atoms with van der Waals surface area (Å²) in [4.78, 5) is 14.7. The van der Waals surface area contributed by atoms with Crippen LogP contribution in [0.4, 0.5) is 11.4 Å². The van der Waals surface area contributed by atoms with E-state index < -0.39 is 64.2 Å². The third-order valence-corrected chi connectivity index (χ3v) is 10.4. The molecule has 234 valence electrons. The standard InChI is InChI=1S/C30H44N2O9S/c1-5-7-13-30(6-2)17-42(40,41)23-12-11-20(32(3)4)15-21(23)24(28(30)38)18-9-8-10-19(14-18)31-29(39)27(37)26(36)25(35)22(34)16-33/h8-12,14-15,22,24-28,33-38H,5-7,13,16-17H2,1-4H3,(H,31,39)/t22?,24-,25?,26?,27?,28?,30-/m1/s1. The number of hydrogen-bond acceptors (Lipinski definition) is 10. The van der Waals surface area contributed by atoms with Gasteiger partial charge in [0, 0.05) is 36.8 Å². The fourth-order valence-corrected chi connectivity index (χ4v) is 7.96. The van der Waals surface area contributed by atoms with Gasteiger partial charge in [0.1, 0.15) is 18.3 Å². The van der Waals surface area contributed by atoms with E-state index >= 15 is 0 Å². The first-order valence-corrected chi connectivity index (χ1v) is 15.8. The van der Waals surface area contributed by atoms with Gasteiger partial charge in [0.2, 0.25) is 0 Å². The molecule has 1 aliphatic rings. The lowest BCUT2D eigenvalue weighted by atomic mass is 9.69. The van der Waals surface area contributed by atoms with Crippen molar-refractivity contribution in [2.24, 2.45) is 5.41 Å². The van der Waals surface area contributed by atoms with Crippen LogP contribution in [-0.2, 0) is 14.6 Å². The zero-order valence-corrected chi connectivity index (χ0v) is 25.3. The summed E-state index contributed by atoms with van der Waals surface area (Å²) in [6.07, 6.45) is -6.54. The molecule has 7 N–H and O–H groups in total. The van der Waals surface area contributed by atoms with Crippen LogP contribution < -0.4 is 10.2 Å². The zero-order valence-electron chi connectivity index (χ0n) is 24.5. The molecule has 0 aliphatic carbocycles. The Kier molecular flexibility index (Phi) is 11.2. The molecule has 0 bridgehead atoms. The molecule has 0 fully saturated rings. The number of fused-ring (bicyclic) bond motifs is 1. The van der Waals surface area contributed by atoms with Gasteiger partial charge in [-0.2, -0.15) is 0 Å². The Hall–Kier alpha value is -2.58. The molecular formula is C30H44N2O9S. The molecule has 2 aromatic carbocycles. The molecule has 0 spiro atoms. The number of carbonyl (C=O) groups is 1. The smallest absolute Gasteiger partial charge is 0.256 e. The summed E-state index contributed by atoms with van der Waals surface area (Å²) in [6.45, 7) is 3.01. The van der Waals surface area contributed by atoms with Crippen LogP contribution >= 0.6 is 0 Å². The molecular weight excluding hydrogens is 564 g/mol. The second-order valence-electron chi connectivity index (χ2n) is 11.4. The maximum Gasteiger partial charge on any atom is 0.256 e. The van der Waals surface area contributed by atoms with Gasteiger partial charge in [-0.25, -0.2) is 8.42 Å². The minimum atomic E-state index is -3.78. The molecule has 2 aromatic rings. The maximum absolute atomic E-state index is 13.8. The van der Waals surface area contributed by atoms with E-state index in [1.54, 1.807) is 36.4 Å². The van der Waals surface area contributed by atoms with Crippen molar-refractivity contribution >= 4 is 27.1 Å². The lowest BCUT2D eigenvalue weighted by Crippen LogP contribution is -2.50. The molecule has 5 unspecified atom stereocenters. The average Bonchev–Trinajstić information content (AvgIpc) is 3.04. The highest BCUT2D eigenvalue weighted by molar-refractivity contribution is 7.91. The number of anilines is 2. The summed E-state index contributed by atoms with van der Waals surface area (Å²) in [5.74, 6) is -2.05. The number of carbonyl (C=O) groups excluding carboxylic acids is 1. The van der Waals surface area contributed by atoms with Gasteiger partial charge in [-0.3, -0.25) is 4.79 Å². The highest BCUT2D eigenvalue weighted by Crippen LogP contribution is 2.49. The van der Waals surface area contributed by atoms with Gasteiger partial charge in [-0.1, -0.05) is 38.8 Å². The van der Waals surface area contributed by atoms with Gasteiger partial charge in [-0.15, -0.1) is 0 Å². The molecule has 11 nitrogen and oxygen atoms in total. The number of unbranched alkanes of at least 4 members (excludes halogenated alkanes) is 1. The SMILES string of the molecule is CCCC[C@]1(CC)CS(=O)(=O)c2ccc(N(C)C)cc2[C@@H](c2cccc(NC(=O)C(O)C(O)C(O)C(O)CO)c2)C1O. The maximum atomic E-state index is 13.8. The normalized spacial score (nSPS) is 24.5. The Balaban J connectivity index is 2.11. The van der Waals surface area contributed by atoms with Gasteiger partial charge in [0.15, 0.2) is 15.9 Å². The molecule has 42 heavy (non-hydrogen) atoms. The molecule has 0 aromatic heterocycles. The van der Waals surface area contributed by atoms with E-state index in [1.165, 1.54) is 6.07 Å². The van der Waals surface area contributed by atoms with Gasteiger partial charge in [-0.05, 0) is 54.3 Å². The molecule has 3 rings (SSSR count). The molecule has 0 saturated carbocycles. The quantitative estimate of drug-likeness (QED) is 0.183. The Labute approximate surface area is 247 Å². The summed E-state index contributed by atoms with van der Waals surface area (Å²) in [5, 5.41) is 63.4. The Morgan fingerprint density at radius 2 is 1.76 bits per heavy atom. The van der Waals surface area contributed by atoms with Crippen molar-refractivity contribution in [3.8, 4) is 0 Å². The molecule has 0 radical (unpaired) electrons. The number of benzene rings is 2. The number of aliphatic hydroxyl groups excluding tert-OH is 6. The highest BCUT2D eigenvalue weighted by Gasteiger charge is 2.49. The van der Waals surface area contributed by atoms with Crippen molar-refractivity contribution in [1.82, 2.24) is 0 Å². The number of nitrogens with one attached hydrogen (secondary N) is 1. The van der Waals surface area contributed by atoms with E-state index in [9.17, 15) is 38.7 Å². The lowest BCUT2D eigenvalue weighted by molar-refractivity contribution is -0.144. The number of sulfone groups is 1. The Bertz CT molecular complexity index is 1340. The minimum Gasteiger partial charge on any atom is -0.394 e. The lowest BCUT2D eigenvalue weighted by Gasteiger charge is -2.39. The van der Waals surface area contributed by atoms with Crippen molar-refractivity contribution in [1.29, 1.82) is 0 Å². The Morgan fingerprint density at radius 3 is 2.36 bits per heavy atom. The van der Waals surface area contributed by atoms with Crippen LogP contribution in [0.2, 0.25) is 0 Å².